The Hall–Kier alpha value is -2.47. The van der Waals surface area contributed by atoms with E-state index in [-0.39, 0.29) is 12.5 Å². The highest BCUT2D eigenvalue weighted by Crippen LogP contribution is 2.25. The summed E-state index contributed by atoms with van der Waals surface area (Å²) in [4.78, 5) is 22.0. The van der Waals surface area contributed by atoms with Crippen LogP contribution in [0.1, 0.15) is 5.56 Å². The number of carbonyl (C=O) groups excluding carboxylic acids is 1. The Balaban J connectivity index is 1.58. The number of hydrogen-bond acceptors (Lipinski definition) is 5. The lowest BCUT2D eigenvalue weighted by molar-refractivity contribution is -0.119. The van der Waals surface area contributed by atoms with Crippen molar-refractivity contribution in [2.75, 3.05) is 18.5 Å². The van der Waals surface area contributed by atoms with Crippen molar-refractivity contribution in [3.63, 3.8) is 0 Å². The number of aromatic nitrogens is 2. The summed E-state index contributed by atoms with van der Waals surface area (Å²) in [6.45, 7) is 0.790. The molecule has 0 saturated heterocycles. The van der Waals surface area contributed by atoms with Gasteiger partial charge in [0.05, 0.1) is 12.7 Å². The fourth-order valence-electron chi connectivity index (χ4n) is 2.20. The number of nitrogens with one attached hydrogen (secondary N) is 1. The van der Waals surface area contributed by atoms with Crippen molar-refractivity contribution in [2.45, 2.75) is 6.54 Å². The number of fused-ring (bicyclic) bond motifs is 1. The SMILES string of the molecule is CN(CC(=O)NCc1csc2ccccc12)c1cnccn1. The van der Waals surface area contributed by atoms with Crippen LogP contribution in [-0.2, 0) is 11.3 Å². The van der Waals surface area contributed by atoms with E-state index in [1.807, 2.05) is 19.2 Å². The number of carbonyl (C=O) groups is 1. The summed E-state index contributed by atoms with van der Waals surface area (Å²) in [5, 5.41) is 6.25. The fourth-order valence-corrected chi connectivity index (χ4v) is 3.17. The summed E-state index contributed by atoms with van der Waals surface area (Å²) in [6.07, 6.45) is 4.86. The number of nitrogens with zero attached hydrogens (tertiary/aromatic N) is 3. The molecule has 0 aliphatic heterocycles. The smallest absolute Gasteiger partial charge is 0.239 e. The minimum Gasteiger partial charge on any atom is -0.350 e. The van der Waals surface area contributed by atoms with Crippen molar-refractivity contribution in [2.24, 2.45) is 0 Å². The maximum Gasteiger partial charge on any atom is 0.239 e. The zero-order chi connectivity index (χ0) is 15.4. The first kappa shape index (κ1) is 14.5. The molecule has 6 heteroatoms. The van der Waals surface area contributed by atoms with Crippen molar-refractivity contribution in [1.29, 1.82) is 0 Å². The van der Waals surface area contributed by atoms with E-state index >= 15 is 0 Å². The third-order valence-electron chi connectivity index (χ3n) is 3.36. The maximum atomic E-state index is 12.1. The summed E-state index contributed by atoms with van der Waals surface area (Å²) in [5.41, 5.74) is 1.15. The van der Waals surface area contributed by atoms with Gasteiger partial charge < -0.3 is 10.2 Å². The van der Waals surface area contributed by atoms with Gasteiger partial charge in [0.15, 0.2) is 0 Å². The number of amides is 1. The van der Waals surface area contributed by atoms with Crippen LogP contribution in [-0.4, -0.2) is 29.5 Å². The van der Waals surface area contributed by atoms with E-state index in [2.05, 4.69) is 32.8 Å². The van der Waals surface area contributed by atoms with E-state index in [4.69, 9.17) is 0 Å². The molecule has 0 unspecified atom stereocenters. The quantitative estimate of drug-likeness (QED) is 0.786. The largest absolute Gasteiger partial charge is 0.350 e. The third kappa shape index (κ3) is 3.23. The molecular weight excluding hydrogens is 296 g/mol. The molecule has 22 heavy (non-hydrogen) atoms. The van der Waals surface area contributed by atoms with E-state index in [1.165, 1.54) is 10.1 Å². The van der Waals surface area contributed by atoms with Gasteiger partial charge in [-0.25, -0.2) is 4.98 Å². The molecule has 1 aromatic carbocycles. The molecule has 0 saturated carbocycles. The zero-order valence-electron chi connectivity index (χ0n) is 12.2. The number of thiophene rings is 1. The second-order valence-corrected chi connectivity index (χ2v) is 5.86. The molecule has 3 rings (SSSR count). The number of likely N-dealkylation sites (N-methyl/N-ethyl adjacent to an activating group) is 1. The Bertz CT molecular complexity index is 772. The summed E-state index contributed by atoms with van der Waals surface area (Å²) < 4.78 is 1.24. The molecule has 0 aliphatic rings. The molecule has 0 fully saturated rings. The van der Waals surface area contributed by atoms with Crippen molar-refractivity contribution >= 4 is 33.1 Å². The lowest BCUT2D eigenvalue weighted by atomic mass is 10.2. The maximum absolute atomic E-state index is 12.1. The molecule has 112 valence electrons. The van der Waals surface area contributed by atoms with Crippen molar-refractivity contribution in [3.05, 3.63) is 53.8 Å². The van der Waals surface area contributed by atoms with Crippen LogP contribution in [0.5, 0.6) is 0 Å². The summed E-state index contributed by atoms with van der Waals surface area (Å²) >= 11 is 1.70. The van der Waals surface area contributed by atoms with Crippen LogP contribution in [0.15, 0.2) is 48.2 Å². The highest BCUT2D eigenvalue weighted by Gasteiger charge is 2.09. The van der Waals surface area contributed by atoms with Gasteiger partial charge in [0.1, 0.15) is 5.82 Å². The van der Waals surface area contributed by atoms with Crippen LogP contribution < -0.4 is 10.2 Å². The minimum absolute atomic E-state index is 0.0385. The Morgan fingerprint density at radius 3 is 3.00 bits per heavy atom. The predicted molar refractivity (Wildman–Crippen MR) is 89.0 cm³/mol. The summed E-state index contributed by atoms with van der Waals surface area (Å²) in [6, 6.07) is 8.21. The van der Waals surface area contributed by atoms with E-state index < -0.39 is 0 Å². The first-order valence-corrected chi connectivity index (χ1v) is 7.81. The average molecular weight is 312 g/mol. The van der Waals surface area contributed by atoms with Crippen LogP contribution in [0.2, 0.25) is 0 Å². The minimum atomic E-state index is -0.0385. The summed E-state index contributed by atoms with van der Waals surface area (Å²) in [7, 11) is 1.82. The molecule has 0 bridgehead atoms. The van der Waals surface area contributed by atoms with Gasteiger partial charge >= 0.3 is 0 Å². The van der Waals surface area contributed by atoms with E-state index in [0.717, 1.165) is 5.56 Å². The van der Waals surface area contributed by atoms with Gasteiger partial charge in [-0.15, -0.1) is 11.3 Å². The average Bonchev–Trinajstić information content (AvgIpc) is 2.97. The standard InChI is InChI=1S/C16H16N4OS/c1-20(15-9-17-6-7-18-15)10-16(21)19-8-12-11-22-14-5-3-2-4-13(12)14/h2-7,9,11H,8,10H2,1H3,(H,19,21). The van der Waals surface area contributed by atoms with Crippen molar-refractivity contribution < 1.29 is 4.79 Å². The topological polar surface area (TPSA) is 58.1 Å². The molecule has 0 spiro atoms. The normalized spacial score (nSPS) is 10.6. The van der Waals surface area contributed by atoms with Gasteiger partial charge in [0.25, 0.3) is 0 Å². The van der Waals surface area contributed by atoms with Gasteiger partial charge in [-0.1, -0.05) is 18.2 Å². The predicted octanol–water partition coefficient (Wildman–Crippen LogP) is 2.44. The van der Waals surface area contributed by atoms with Crippen molar-refractivity contribution in [1.82, 2.24) is 15.3 Å². The molecule has 2 heterocycles. The lowest BCUT2D eigenvalue weighted by Gasteiger charge is -2.16. The van der Waals surface area contributed by atoms with Crippen LogP contribution >= 0.6 is 11.3 Å². The first-order valence-electron chi connectivity index (χ1n) is 6.93. The number of hydrogen-bond donors (Lipinski definition) is 1. The lowest BCUT2D eigenvalue weighted by Crippen LogP contribution is -2.35. The second-order valence-electron chi connectivity index (χ2n) is 4.95. The van der Waals surface area contributed by atoms with Gasteiger partial charge in [0, 0.05) is 30.7 Å². The number of anilines is 1. The highest BCUT2D eigenvalue weighted by molar-refractivity contribution is 7.17. The molecule has 1 N–H and O–H groups in total. The second kappa shape index (κ2) is 6.53. The highest BCUT2D eigenvalue weighted by atomic mass is 32.1. The van der Waals surface area contributed by atoms with Crippen LogP contribution in [0.25, 0.3) is 10.1 Å². The Kier molecular flexibility index (Phi) is 4.29. The molecule has 3 aromatic rings. The van der Waals surface area contributed by atoms with Gasteiger partial charge in [-0.05, 0) is 22.4 Å². The van der Waals surface area contributed by atoms with Gasteiger partial charge in [-0.3, -0.25) is 9.78 Å². The molecule has 1 amide bonds. The Morgan fingerprint density at radius 2 is 2.18 bits per heavy atom. The Labute approximate surface area is 132 Å². The number of benzene rings is 1. The first-order chi connectivity index (χ1) is 10.7. The third-order valence-corrected chi connectivity index (χ3v) is 4.37. The molecule has 0 aliphatic carbocycles. The van der Waals surface area contributed by atoms with Crippen LogP contribution in [0.3, 0.4) is 0 Å². The molecule has 2 aromatic heterocycles. The van der Waals surface area contributed by atoms with E-state index in [9.17, 15) is 4.79 Å². The zero-order valence-corrected chi connectivity index (χ0v) is 13.0. The monoisotopic (exact) mass is 312 g/mol. The molecular formula is C16H16N4OS. The van der Waals surface area contributed by atoms with Crippen LogP contribution in [0.4, 0.5) is 5.82 Å². The van der Waals surface area contributed by atoms with Crippen LogP contribution in [0, 0.1) is 0 Å². The molecule has 0 radical (unpaired) electrons. The van der Waals surface area contributed by atoms with E-state index in [1.54, 1.807) is 34.8 Å². The van der Waals surface area contributed by atoms with Crippen molar-refractivity contribution in [3.8, 4) is 0 Å². The Morgan fingerprint density at radius 1 is 1.32 bits per heavy atom. The number of rotatable bonds is 5. The molecule has 5 nitrogen and oxygen atoms in total. The van der Waals surface area contributed by atoms with Gasteiger partial charge in [-0.2, -0.15) is 0 Å². The van der Waals surface area contributed by atoms with Gasteiger partial charge in [0.2, 0.25) is 5.91 Å². The summed E-state index contributed by atoms with van der Waals surface area (Å²) in [5.74, 6) is 0.641. The van der Waals surface area contributed by atoms with E-state index in [0.29, 0.717) is 12.4 Å². The molecule has 0 atom stereocenters. The fraction of sp³-hybridized carbons (Fsp3) is 0.188.